The average Bonchev–Trinajstić information content (AvgIpc) is 2.70. The monoisotopic (exact) mass is 449 g/mol. The molecule has 4 aliphatic rings. The van der Waals surface area contributed by atoms with Gasteiger partial charge in [0.15, 0.2) is 0 Å². The van der Waals surface area contributed by atoms with E-state index in [9.17, 15) is 18.4 Å². The number of hydrogen-bond acceptors (Lipinski definition) is 4. The highest BCUT2D eigenvalue weighted by Crippen LogP contribution is 2.55. The highest BCUT2D eigenvalue weighted by atomic mass is 32.2. The summed E-state index contributed by atoms with van der Waals surface area (Å²) in [6, 6.07) is 6.58. The molecule has 5 rings (SSSR count). The van der Waals surface area contributed by atoms with Crippen LogP contribution in [0.2, 0.25) is 0 Å². The van der Waals surface area contributed by atoms with E-state index in [1.54, 1.807) is 24.3 Å². The van der Waals surface area contributed by atoms with Gasteiger partial charge in [-0.15, -0.1) is 0 Å². The van der Waals surface area contributed by atoms with Crippen molar-refractivity contribution in [2.24, 2.45) is 17.8 Å². The first-order valence-electron chi connectivity index (χ1n) is 10.8. The van der Waals surface area contributed by atoms with E-state index in [1.807, 2.05) is 0 Å². The van der Waals surface area contributed by atoms with Crippen LogP contribution in [0, 0.1) is 17.8 Å². The molecule has 4 aliphatic carbocycles. The number of carbonyl (C=O) groups excluding carboxylic acids is 2. The molecule has 4 N–H and O–H groups in total. The van der Waals surface area contributed by atoms with E-state index < -0.39 is 22.7 Å². The zero-order valence-corrected chi connectivity index (χ0v) is 18.8. The summed E-state index contributed by atoms with van der Waals surface area (Å²) in [5, 5.41) is 5.81. The molecule has 31 heavy (non-hydrogen) atoms. The van der Waals surface area contributed by atoms with E-state index in [4.69, 9.17) is 4.74 Å². The Bertz CT molecular complexity index is 839. The van der Waals surface area contributed by atoms with Gasteiger partial charge in [-0.25, -0.2) is 4.21 Å². The summed E-state index contributed by atoms with van der Waals surface area (Å²) in [6.45, 7) is 0. The molecule has 0 spiro atoms. The Morgan fingerprint density at radius 2 is 1.68 bits per heavy atom. The van der Waals surface area contributed by atoms with Gasteiger partial charge in [0.25, 0.3) is 0 Å². The molecule has 0 saturated heterocycles. The summed E-state index contributed by atoms with van der Waals surface area (Å²) >= 11 is -2.52. The number of methoxy groups -OCH3 is 1. The van der Waals surface area contributed by atoms with E-state index in [0.717, 1.165) is 19.3 Å². The molecule has 1 aromatic carbocycles. The van der Waals surface area contributed by atoms with Gasteiger partial charge in [-0.3, -0.25) is 14.1 Å². The van der Waals surface area contributed by atoms with Gasteiger partial charge in [0.05, 0.1) is 13.5 Å². The lowest BCUT2D eigenvalue weighted by atomic mass is 9.53. The van der Waals surface area contributed by atoms with Crippen molar-refractivity contribution in [2.45, 2.75) is 56.0 Å². The molecule has 2 amide bonds. The van der Waals surface area contributed by atoms with Crippen molar-refractivity contribution in [3.8, 4) is 5.75 Å². The van der Waals surface area contributed by atoms with E-state index in [2.05, 4.69) is 15.4 Å². The van der Waals surface area contributed by atoms with Gasteiger partial charge < -0.3 is 15.4 Å². The van der Waals surface area contributed by atoms with Crippen LogP contribution < -0.4 is 20.1 Å². The summed E-state index contributed by atoms with van der Waals surface area (Å²) < 4.78 is 29.1. The fourth-order valence-electron chi connectivity index (χ4n) is 6.54. The second-order valence-electron chi connectivity index (χ2n) is 9.49. The maximum Gasteiger partial charge on any atom is 0.246 e. The summed E-state index contributed by atoms with van der Waals surface area (Å²) in [6.07, 6.45) is 6.45. The molecule has 9 heteroatoms. The van der Waals surface area contributed by atoms with E-state index >= 15 is 0 Å². The van der Waals surface area contributed by atoms with Crippen molar-refractivity contribution < 1.29 is 23.1 Å². The lowest BCUT2D eigenvalue weighted by Crippen LogP contribution is -2.62. The predicted molar refractivity (Wildman–Crippen MR) is 116 cm³/mol. The SMILES string of the molecule is CNC(=O)C(CC(=O)NC12CC3CC(CC(C3)C1)C2)(NS(=O)O)c1ccc(OC)cc1. The molecule has 0 aromatic heterocycles. The number of hydrogen-bond donors (Lipinski definition) is 4. The van der Waals surface area contributed by atoms with E-state index in [-0.39, 0.29) is 17.9 Å². The Morgan fingerprint density at radius 3 is 2.13 bits per heavy atom. The third-order valence-electron chi connectivity index (χ3n) is 7.33. The second-order valence-corrected chi connectivity index (χ2v) is 10.2. The molecule has 4 saturated carbocycles. The normalized spacial score (nSPS) is 31.5. The van der Waals surface area contributed by atoms with Crippen molar-refractivity contribution in [1.82, 2.24) is 15.4 Å². The van der Waals surface area contributed by atoms with Crippen LogP contribution in [0.4, 0.5) is 0 Å². The zero-order valence-electron chi connectivity index (χ0n) is 18.0. The molecule has 170 valence electrons. The van der Waals surface area contributed by atoms with Crippen LogP contribution in [0.5, 0.6) is 5.75 Å². The molecule has 2 unspecified atom stereocenters. The second kappa shape index (κ2) is 8.52. The first-order valence-corrected chi connectivity index (χ1v) is 11.9. The van der Waals surface area contributed by atoms with Crippen molar-refractivity contribution >= 4 is 23.1 Å². The molecule has 4 fully saturated rings. The van der Waals surface area contributed by atoms with E-state index in [0.29, 0.717) is 29.1 Å². The zero-order chi connectivity index (χ0) is 22.2. The molecule has 0 aliphatic heterocycles. The third-order valence-corrected chi connectivity index (χ3v) is 7.85. The highest BCUT2D eigenvalue weighted by Gasteiger charge is 2.52. The Morgan fingerprint density at radius 1 is 1.13 bits per heavy atom. The molecule has 2 atom stereocenters. The van der Waals surface area contributed by atoms with E-state index in [1.165, 1.54) is 33.4 Å². The van der Waals surface area contributed by atoms with Gasteiger partial charge in [0.1, 0.15) is 11.3 Å². The molecule has 1 aromatic rings. The number of nitrogens with one attached hydrogen (secondary N) is 3. The number of amides is 2. The lowest BCUT2D eigenvalue weighted by Gasteiger charge is -2.57. The van der Waals surface area contributed by atoms with Gasteiger partial charge in [-0.05, 0) is 74.0 Å². The lowest BCUT2D eigenvalue weighted by molar-refractivity contribution is -0.135. The van der Waals surface area contributed by atoms with Crippen molar-refractivity contribution in [3.63, 3.8) is 0 Å². The highest BCUT2D eigenvalue weighted by molar-refractivity contribution is 7.77. The summed E-state index contributed by atoms with van der Waals surface area (Å²) in [4.78, 5) is 26.3. The van der Waals surface area contributed by atoms with Gasteiger partial charge >= 0.3 is 0 Å². The van der Waals surface area contributed by atoms with Crippen LogP contribution in [0.15, 0.2) is 24.3 Å². The smallest absolute Gasteiger partial charge is 0.246 e. The first-order chi connectivity index (χ1) is 14.8. The fraction of sp³-hybridized carbons (Fsp3) is 0.636. The Kier molecular flexibility index (Phi) is 6.11. The summed E-state index contributed by atoms with van der Waals surface area (Å²) in [5.74, 6) is 1.73. The minimum Gasteiger partial charge on any atom is -0.497 e. The largest absolute Gasteiger partial charge is 0.497 e. The Labute approximate surface area is 185 Å². The molecular weight excluding hydrogens is 418 g/mol. The summed E-state index contributed by atoms with van der Waals surface area (Å²) in [7, 11) is 2.97. The molecule has 0 radical (unpaired) electrons. The topological polar surface area (TPSA) is 117 Å². The molecular formula is C22H31N3O5S. The molecule has 4 bridgehead atoms. The Balaban J connectivity index is 1.61. The predicted octanol–water partition coefficient (Wildman–Crippen LogP) is 1.84. The number of benzene rings is 1. The van der Waals surface area contributed by atoms with Gasteiger partial charge in [-0.2, -0.15) is 4.72 Å². The third kappa shape index (κ3) is 4.36. The van der Waals surface area contributed by atoms with Crippen LogP contribution >= 0.6 is 0 Å². The van der Waals surface area contributed by atoms with Gasteiger partial charge in [-0.1, -0.05) is 12.1 Å². The maximum absolute atomic E-state index is 13.3. The number of ether oxygens (including phenoxy) is 1. The Hall–Kier alpha value is -1.97. The molecule has 0 heterocycles. The van der Waals surface area contributed by atoms with Crippen LogP contribution in [0.3, 0.4) is 0 Å². The van der Waals surface area contributed by atoms with Crippen molar-refractivity contribution in [1.29, 1.82) is 0 Å². The molecule has 8 nitrogen and oxygen atoms in total. The fourth-order valence-corrected chi connectivity index (χ4v) is 7.12. The van der Waals surface area contributed by atoms with Crippen molar-refractivity contribution in [3.05, 3.63) is 29.8 Å². The number of carbonyl (C=O) groups is 2. The van der Waals surface area contributed by atoms with Crippen LogP contribution in [-0.2, 0) is 26.4 Å². The van der Waals surface area contributed by atoms with Gasteiger partial charge in [0.2, 0.25) is 23.1 Å². The van der Waals surface area contributed by atoms with Crippen molar-refractivity contribution in [2.75, 3.05) is 14.2 Å². The maximum atomic E-state index is 13.3. The number of rotatable bonds is 8. The standard InChI is InChI=1S/C22H31N3O5S/c1-23-20(27)22(25-31(28)29,17-3-5-18(30-2)6-4-17)13-19(26)24-21-10-14-7-15(11-21)9-16(8-14)12-21/h3-6,14-16,25H,7-13H2,1-2H3,(H,23,27)(H,24,26)(H,28,29). The average molecular weight is 450 g/mol. The minimum atomic E-state index is -2.52. The van der Waals surface area contributed by atoms with Crippen LogP contribution in [0.25, 0.3) is 0 Å². The number of likely N-dealkylation sites (N-methyl/N-ethyl adjacent to an activating group) is 1. The quantitative estimate of drug-likeness (QED) is 0.452. The minimum absolute atomic E-state index is 0.210. The van der Waals surface area contributed by atoms with Crippen LogP contribution in [-0.4, -0.2) is 40.3 Å². The van der Waals surface area contributed by atoms with Gasteiger partial charge in [0, 0.05) is 12.6 Å². The summed E-state index contributed by atoms with van der Waals surface area (Å²) in [5.41, 5.74) is -1.48. The van der Waals surface area contributed by atoms with Crippen LogP contribution in [0.1, 0.15) is 50.5 Å². The first kappa shape index (κ1) is 22.2.